The van der Waals surface area contributed by atoms with E-state index in [-0.39, 0.29) is 0 Å². The van der Waals surface area contributed by atoms with E-state index in [4.69, 9.17) is 4.74 Å². The molecule has 1 aromatic heterocycles. The molecule has 0 atom stereocenters. The second kappa shape index (κ2) is 7.26. The van der Waals surface area contributed by atoms with Crippen LogP contribution in [0.1, 0.15) is 29.3 Å². The second-order valence-electron chi connectivity index (χ2n) is 4.25. The van der Waals surface area contributed by atoms with Crippen molar-refractivity contribution in [3.8, 4) is 5.75 Å². The summed E-state index contributed by atoms with van der Waals surface area (Å²) in [6.07, 6.45) is 3.04. The summed E-state index contributed by atoms with van der Waals surface area (Å²) in [5, 5.41) is 4.57. The molecule has 0 bridgehead atoms. The third-order valence-electron chi connectivity index (χ3n) is 2.79. The zero-order valence-electron chi connectivity index (χ0n) is 11.5. The van der Waals surface area contributed by atoms with Crippen molar-refractivity contribution >= 4 is 11.3 Å². The van der Waals surface area contributed by atoms with Crippen LogP contribution in [-0.4, -0.2) is 11.6 Å². The number of aromatic nitrogens is 1. The molecule has 0 saturated heterocycles. The number of aryl methyl sites for hydroxylation is 1. The lowest BCUT2D eigenvalue weighted by Gasteiger charge is -2.05. The third kappa shape index (κ3) is 4.33. The van der Waals surface area contributed by atoms with Gasteiger partial charge in [-0.2, -0.15) is 0 Å². The molecule has 0 aliphatic rings. The van der Waals surface area contributed by atoms with E-state index < -0.39 is 0 Å². The Morgan fingerprint density at radius 1 is 1.16 bits per heavy atom. The van der Waals surface area contributed by atoms with E-state index in [1.54, 1.807) is 11.3 Å². The first kappa shape index (κ1) is 14.0. The Hall–Kier alpha value is -1.39. The monoisotopic (exact) mass is 276 g/mol. The van der Waals surface area contributed by atoms with Crippen LogP contribution in [0, 0.1) is 0 Å². The Morgan fingerprint density at radius 3 is 2.58 bits per heavy atom. The van der Waals surface area contributed by atoms with Crippen LogP contribution in [0.25, 0.3) is 0 Å². The van der Waals surface area contributed by atoms with Crippen LogP contribution in [0.3, 0.4) is 0 Å². The number of hydrogen-bond donors (Lipinski definition) is 1. The van der Waals surface area contributed by atoms with Gasteiger partial charge in [-0.25, -0.2) is 4.98 Å². The average molecular weight is 276 g/mol. The highest BCUT2D eigenvalue weighted by Crippen LogP contribution is 2.14. The molecule has 0 amide bonds. The molecule has 0 fully saturated rings. The molecule has 0 radical (unpaired) electrons. The predicted molar refractivity (Wildman–Crippen MR) is 79.6 cm³/mol. The summed E-state index contributed by atoms with van der Waals surface area (Å²) in [6.45, 7) is 6.55. The lowest BCUT2D eigenvalue weighted by molar-refractivity contribution is 0.340. The van der Waals surface area contributed by atoms with E-state index in [1.165, 1.54) is 10.4 Å². The summed E-state index contributed by atoms with van der Waals surface area (Å²) in [7, 11) is 0. The topological polar surface area (TPSA) is 34.1 Å². The fourth-order valence-corrected chi connectivity index (χ4v) is 2.61. The molecule has 0 aliphatic carbocycles. The van der Waals surface area contributed by atoms with Gasteiger partial charge in [0.25, 0.3) is 0 Å². The van der Waals surface area contributed by atoms with Gasteiger partial charge in [0.15, 0.2) is 0 Å². The van der Waals surface area contributed by atoms with Crippen LogP contribution < -0.4 is 10.1 Å². The SMILES string of the molecule is CCOc1ccc(CNCc2ncc(CC)s2)cc1. The van der Waals surface area contributed by atoms with E-state index in [0.29, 0.717) is 6.61 Å². The summed E-state index contributed by atoms with van der Waals surface area (Å²) in [5.41, 5.74) is 1.26. The first-order chi connectivity index (χ1) is 9.31. The van der Waals surface area contributed by atoms with Gasteiger partial charge in [-0.1, -0.05) is 19.1 Å². The fourth-order valence-electron chi connectivity index (χ4n) is 1.78. The molecule has 0 unspecified atom stereocenters. The maximum Gasteiger partial charge on any atom is 0.119 e. The number of ether oxygens (including phenoxy) is 1. The number of nitrogens with zero attached hydrogens (tertiary/aromatic N) is 1. The number of nitrogens with one attached hydrogen (secondary N) is 1. The first-order valence-corrected chi connectivity index (χ1v) is 7.49. The van der Waals surface area contributed by atoms with Gasteiger partial charge in [-0.15, -0.1) is 11.3 Å². The second-order valence-corrected chi connectivity index (χ2v) is 5.45. The van der Waals surface area contributed by atoms with E-state index in [1.807, 2.05) is 25.3 Å². The zero-order chi connectivity index (χ0) is 13.5. The maximum atomic E-state index is 5.42. The Kier molecular flexibility index (Phi) is 5.36. The predicted octanol–water partition coefficient (Wildman–Crippen LogP) is 3.39. The van der Waals surface area contributed by atoms with Crippen molar-refractivity contribution in [3.05, 3.63) is 45.9 Å². The largest absolute Gasteiger partial charge is 0.494 e. The summed E-state index contributed by atoms with van der Waals surface area (Å²) in [4.78, 5) is 5.74. The molecule has 0 aliphatic heterocycles. The van der Waals surface area contributed by atoms with Crippen LogP contribution in [-0.2, 0) is 19.5 Å². The van der Waals surface area contributed by atoms with Gasteiger partial charge in [0.2, 0.25) is 0 Å². The minimum atomic E-state index is 0.710. The van der Waals surface area contributed by atoms with E-state index >= 15 is 0 Å². The minimum absolute atomic E-state index is 0.710. The molecule has 2 aromatic rings. The smallest absolute Gasteiger partial charge is 0.119 e. The van der Waals surface area contributed by atoms with E-state index in [9.17, 15) is 0 Å². The number of benzene rings is 1. The molecule has 19 heavy (non-hydrogen) atoms. The van der Waals surface area contributed by atoms with Crippen LogP contribution >= 0.6 is 11.3 Å². The molecule has 102 valence electrons. The van der Waals surface area contributed by atoms with Gasteiger partial charge in [0.05, 0.1) is 6.61 Å². The molecule has 2 rings (SSSR count). The van der Waals surface area contributed by atoms with Crippen LogP contribution in [0.5, 0.6) is 5.75 Å². The molecule has 1 heterocycles. The molecule has 3 nitrogen and oxygen atoms in total. The Balaban J connectivity index is 1.78. The summed E-state index contributed by atoms with van der Waals surface area (Å²) < 4.78 is 5.42. The van der Waals surface area contributed by atoms with Crippen molar-refractivity contribution in [2.24, 2.45) is 0 Å². The molecule has 4 heteroatoms. The first-order valence-electron chi connectivity index (χ1n) is 6.67. The molecular formula is C15H20N2OS. The van der Waals surface area contributed by atoms with Gasteiger partial charge < -0.3 is 10.1 Å². The number of hydrogen-bond acceptors (Lipinski definition) is 4. The van der Waals surface area contributed by atoms with E-state index in [0.717, 1.165) is 30.3 Å². The van der Waals surface area contributed by atoms with Crippen molar-refractivity contribution < 1.29 is 4.74 Å². The summed E-state index contributed by atoms with van der Waals surface area (Å²) in [5.74, 6) is 0.929. The van der Waals surface area contributed by atoms with Gasteiger partial charge >= 0.3 is 0 Å². The van der Waals surface area contributed by atoms with Gasteiger partial charge in [0, 0.05) is 24.2 Å². The van der Waals surface area contributed by atoms with Gasteiger partial charge in [0.1, 0.15) is 10.8 Å². The molecule has 1 aromatic carbocycles. The standard InChI is InChI=1S/C15H20N2OS/c1-3-14-10-17-15(19-14)11-16-9-12-5-7-13(8-6-12)18-4-2/h5-8,10,16H,3-4,9,11H2,1-2H3. The van der Waals surface area contributed by atoms with Crippen LogP contribution in [0.15, 0.2) is 30.5 Å². The Morgan fingerprint density at radius 2 is 1.95 bits per heavy atom. The average Bonchev–Trinajstić information content (AvgIpc) is 2.89. The van der Waals surface area contributed by atoms with Crippen LogP contribution in [0.4, 0.5) is 0 Å². The van der Waals surface area contributed by atoms with Crippen molar-refractivity contribution in [2.75, 3.05) is 6.61 Å². The lowest BCUT2D eigenvalue weighted by atomic mass is 10.2. The van der Waals surface area contributed by atoms with Crippen molar-refractivity contribution in [1.29, 1.82) is 0 Å². The van der Waals surface area contributed by atoms with Crippen molar-refractivity contribution in [3.63, 3.8) is 0 Å². The number of rotatable bonds is 7. The van der Waals surface area contributed by atoms with Crippen molar-refractivity contribution in [2.45, 2.75) is 33.4 Å². The highest BCUT2D eigenvalue weighted by atomic mass is 32.1. The summed E-state index contributed by atoms with van der Waals surface area (Å²) >= 11 is 1.78. The van der Waals surface area contributed by atoms with E-state index in [2.05, 4.69) is 29.4 Å². The molecule has 0 saturated carbocycles. The lowest BCUT2D eigenvalue weighted by Crippen LogP contribution is -2.12. The normalized spacial score (nSPS) is 10.6. The molecule has 0 spiro atoms. The Labute approximate surface area is 118 Å². The molecular weight excluding hydrogens is 256 g/mol. The summed E-state index contributed by atoms with van der Waals surface area (Å²) in [6, 6.07) is 8.22. The highest BCUT2D eigenvalue weighted by molar-refractivity contribution is 7.11. The molecule has 1 N–H and O–H groups in total. The van der Waals surface area contributed by atoms with Crippen molar-refractivity contribution in [1.82, 2.24) is 10.3 Å². The zero-order valence-corrected chi connectivity index (χ0v) is 12.3. The fraction of sp³-hybridized carbons (Fsp3) is 0.400. The highest BCUT2D eigenvalue weighted by Gasteiger charge is 2.00. The maximum absolute atomic E-state index is 5.42. The minimum Gasteiger partial charge on any atom is -0.494 e. The number of thiazole rings is 1. The quantitative estimate of drug-likeness (QED) is 0.841. The van der Waals surface area contributed by atoms with Gasteiger partial charge in [-0.05, 0) is 31.0 Å². The Bertz CT molecular complexity index is 493. The third-order valence-corrected chi connectivity index (χ3v) is 3.93. The van der Waals surface area contributed by atoms with Crippen LogP contribution in [0.2, 0.25) is 0 Å². The van der Waals surface area contributed by atoms with Gasteiger partial charge in [-0.3, -0.25) is 0 Å².